The summed E-state index contributed by atoms with van der Waals surface area (Å²) in [6.45, 7) is 4.43. The Hall–Kier alpha value is -1.10. The lowest BCUT2D eigenvalue weighted by atomic mass is 9.86. The fourth-order valence-corrected chi connectivity index (χ4v) is 2.20. The molecule has 0 aliphatic carbocycles. The van der Waals surface area contributed by atoms with Crippen molar-refractivity contribution < 1.29 is 19.1 Å². The monoisotopic (exact) mass is 243 g/mol. The van der Waals surface area contributed by atoms with Gasteiger partial charge >= 0.3 is 6.09 Å². The zero-order valence-electron chi connectivity index (χ0n) is 10.7. The summed E-state index contributed by atoms with van der Waals surface area (Å²) in [5, 5.41) is 2.64. The number of ether oxygens (including phenoxy) is 2. The first-order chi connectivity index (χ1) is 8.08. The molecule has 1 amide bonds. The van der Waals surface area contributed by atoms with E-state index in [4.69, 9.17) is 4.74 Å². The molecule has 5 nitrogen and oxygen atoms in total. The van der Waals surface area contributed by atoms with Crippen LogP contribution in [0, 0.1) is 5.92 Å². The number of hydrogen-bond acceptors (Lipinski definition) is 4. The van der Waals surface area contributed by atoms with E-state index in [9.17, 15) is 9.59 Å². The van der Waals surface area contributed by atoms with Crippen molar-refractivity contribution in [1.82, 2.24) is 5.32 Å². The molecule has 0 spiro atoms. The maximum atomic E-state index is 11.9. The molecule has 1 saturated heterocycles. The summed E-state index contributed by atoms with van der Waals surface area (Å²) in [6.07, 6.45) is 1.60. The van der Waals surface area contributed by atoms with Crippen molar-refractivity contribution in [3.63, 3.8) is 0 Å². The van der Waals surface area contributed by atoms with Crippen LogP contribution >= 0.6 is 0 Å². The fraction of sp³-hybridized carbons (Fsp3) is 0.833. The lowest BCUT2D eigenvalue weighted by Gasteiger charge is -2.32. The van der Waals surface area contributed by atoms with E-state index in [0.717, 1.165) is 12.8 Å². The van der Waals surface area contributed by atoms with Crippen LogP contribution in [0.5, 0.6) is 0 Å². The van der Waals surface area contributed by atoms with Crippen LogP contribution in [0.25, 0.3) is 0 Å². The molecule has 1 aliphatic heterocycles. The van der Waals surface area contributed by atoms with Crippen LogP contribution in [0.2, 0.25) is 0 Å². The summed E-state index contributed by atoms with van der Waals surface area (Å²) >= 11 is 0. The summed E-state index contributed by atoms with van der Waals surface area (Å²) in [5.41, 5.74) is 0. The predicted molar refractivity (Wildman–Crippen MR) is 62.8 cm³/mol. The van der Waals surface area contributed by atoms with Gasteiger partial charge in [-0.1, -0.05) is 6.92 Å². The van der Waals surface area contributed by atoms with Crippen molar-refractivity contribution in [3.05, 3.63) is 0 Å². The number of ketones is 1. The number of methoxy groups -OCH3 is 1. The maximum Gasteiger partial charge on any atom is 0.407 e. The number of carbonyl (C=O) groups is 2. The molecule has 1 fully saturated rings. The van der Waals surface area contributed by atoms with Crippen molar-refractivity contribution >= 4 is 11.9 Å². The highest BCUT2D eigenvalue weighted by atomic mass is 16.5. The minimum absolute atomic E-state index is 0.0505. The van der Waals surface area contributed by atoms with Gasteiger partial charge in [-0.15, -0.1) is 0 Å². The van der Waals surface area contributed by atoms with Crippen LogP contribution in [0.1, 0.15) is 33.1 Å². The van der Waals surface area contributed by atoms with Crippen LogP contribution in [-0.2, 0) is 14.3 Å². The number of Topliss-reactive ketones (excluding diaryl/α,β-unsaturated/α-hetero) is 1. The van der Waals surface area contributed by atoms with Gasteiger partial charge in [-0.05, 0) is 25.7 Å². The Bertz CT molecular complexity index is 280. The molecule has 3 atom stereocenters. The molecule has 0 radical (unpaired) electrons. The Kier molecular flexibility index (Phi) is 5.41. The van der Waals surface area contributed by atoms with Crippen molar-refractivity contribution in [2.24, 2.45) is 5.92 Å². The Labute approximate surface area is 102 Å². The average molecular weight is 243 g/mol. The van der Waals surface area contributed by atoms with Gasteiger partial charge in [0, 0.05) is 13.0 Å². The molecule has 1 heterocycles. The number of rotatable bonds is 4. The van der Waals surface area contributed by atoms with Crippen LogP contribution in [0.15, 0.2) is 0 Å². The van der Waals surface area contributed by atoms with E-state index >= 15 is 0 Å². The third-order valence-corrected chi connectivity index (χ3v) is 3.15. The van der Waals surface area contributed by atoms with E-state index in [1.54, 1.807) is 6.92 Å². The largest absolute Gasteiger partial charge is 0.453 e. The lowest BCUT2D eigenvalue weighted by Crippen LogP contribution is -2.48. The molecule has 98 valence electrons. The molecular weight excluding hydrogens is 222 g/mol. The summed E-state index contributed by atoms with van der Waals surface area (Å²) in [5.74, 6) is 0.194. The smallest absolute Gasteiger partial charge is 0.407 e. The highest BCUT2D eigenvalue weighted by molar-refractivity contribution is 5.87. The van der Waals surface area contributed by atoms with Gasteiger partial charge in [-0.25, -0.2) is 4.79 Å². The van der Waals surface area contributed by atoms with Crippen LogP contribution in [-0.4, -0.2) is 37.7 Å². The highest BCUT2D eigenvalue weighted by Crippen LogP contribution is 2.24. The highest BCUT2D eigenvalue weighted by Gasteiger charge is 2.32. The molecule has 5 heteroatoms. The third-order valence-electron chi connectivity index (χ3n) is 3.15. The van der Waals surface area contributed by atoms with Gasteiger partial charge in [0.25, 0.3) is 0 Å². The predicted octanol–water partition coefficient (Wildman–Crippen LogP) is 1.51. The SMILES string of the molecule is CCC(=O)C(NC(=O)OC)C1CCOC(C)C1. The van der Waals surface area contributed by atoms with Gasteiger partial charge in [0.05, 0.1) is 19.3 Å². The average Bonchev–Trinajstić information content (AvgIpc) is 2.34. The Morgan fingerprint density at radius 1 is 1.53 bits per heavy atom. The van der Waals surface area contributed by atoms with Crippen molar-refractivity contribution in [2.75, 3.05) is 13.7 Å². The van der Waals surface area contributed by atoms with Crippen molar-refractivity contribution in [3.8, 4) is 0 Å². The zero-order chi connectivity index (χ0) is 12.8. The maximum absolute atomic E-state index is 11.9. The normalized spacial score (nSPS) is 26.1. The Morgan fingerprint density at radius 3 is 2.76 bits per heavy atom. The van der Waals surface area contributed by atoms with Gasteiger partial charge in [0.1, 0.15) is 0 Å². The van der Waals surface area contributed by atoms with E-state index < -0.39 is 12.1 Å². The van der Waals surface area contributed by atoms with Crippen LogP contribution in [0.4, 0.5) is 4.79 Å². The molecule has 1 N–H and O–H groups in total. The number of nitrogens with one attached hydrogen (secondary N) is 1. The zero-order valence-corrected chi connectivity index (χ0v) is 10.7. The minimum Gasteiger partial charge on any atom is -0.453 e. The van der Waals surface area contributed by atoms with Gasteiger partial charge in [0.2, 0.25) is 0 Å². The molecule has 0 aromatic carbocycles. The summed E-state index contributed by atoms with van der Waals surface area (Å²) in [7, 11) is 1.30. The van der Waals surface area contributed by atoms with E-state index in [1.165, 1.54) is 7.11 Å². The summed E-state index contributed by atoms with van der Waals surface area (Å²) < 4.78 is 10.0. The third kappa shape index (κ3) is 4.00. The molecule has 17 heavy (non-hydrogen) atoms. The molecule has 1 aliphatic rings. The number of amides is 1. The molecule has 0 bridgehead atoms. The summed E-state index contributed by atoms with van der Waals surface area (Å²) in [4.78, 5) is 23.1. The van der Waals surface area contributed by atoms with E-state index in [-0.39, 0.29) is 17.8 Å². The Morgan fingerprint density at radius 2 is 2.24 bits per heavy atom. The van der Waals surface area contributed by atoms with Gasteiger partial charge < -0.3 is 14.8 Å². The molecule has 0 aromatic rings. The topological polar surface area (TPSA) is 64.6 Å². The molecule has 0 aromatic heterocycles. The fourth-order valence-electron chi connectivity index (χ4n) is 2.20. The number of hydrogen-bond donors (Lipinski definition) is 1. The second-order valence-electron chi connectivity index (χ2n) is 4.40. The molecular formula is C12H21NO4. The Balaban J connectivity index is 2.67. The molecule has 0 saturated carbocycles. The van der Waals surface area contributed by atoms with Crippen LogP contribution < -0.4 is 5.32 Å². The second-order valence-corrected chi connectivity index (χ2v) is 4.40. The van der Waals surface area contributed by atoms with Crippen LogP contribution in [0.3, 0.4) is 0 Å². The first kappa shape index (κ1) is 14.0. The second kappa shape index (κ2) is 6.59. The van der Waals surface area contributed by atoms with E-state index in [1.807, 2.05) is 6.92 Å². The number of alkyl carbamates (subject to hydrolysis) is 1. The minimum atomic E-state index is -0.545. The lowest BCUT2D eigenvalue weighted by molar-refractivity contribution is -0.123. The van der Waals surface area contributed by atoms with Crippen molar-refractivity contribution in [1.29, 1.82) is 0 Å². The number of carbonyl (C=O) groups excluding carboxylic acids is 2. The van der Waals surface area contributed by atoms with Crippen molar-refractivity contribution in [2.45, 2.75) is 45.3 Å². The standard InChI is InChI=1S/C12H21NO4/c1-4-10(14)11(13-12(15)16-3)9-5-6-17-8(2)7-9/h8-9,11H,4-7H2,1-3H3,(H,13,15). The first-order valence-corrected chi connectivity index (χ1v) is 6.07. The van der Waals surface area contributed by atoms with Gasteiger partial charge in [0.15, 0.2) is 5.78 Å². The van der Waals surface area contributed by atoms with Gasteiger partial charge in [-0.3, -0.25) is 4.79 Å². The molecule has 3 unspecified atom stereocenters. The molecule has 1 rings (SSSR count). The summed E-state index contributed by atoms with van der Waals surface area (Å²) in [6, 6.07) is -0.446. The van der Waals surface area contributed by atoms with E-state index in [2.05, 4.69) is 10.1 Å². The van der Waals surface area contributed by atoms with E-state index in [0.29, 0.717) is 13.0 Å². The first-order valence-electron chi connectivity index (χ1n) is 6.07. The van der Waals surface area contributed by atoms with Gasteiger partial charge in [-0.2, -0.15) is 0 Å². The quantitative estimate of drug-likeness (QED) is 0.812.